The van der Waals surface area contributed by atoms with Crippen LogP contribution < -0.4 is 0 Å². The number of nitrogens with one attached hydrogen (secondary N) is 1. The van der Waals surface area contributed by atoms with Gasteiger partial charge in [0.15, 0.2) is 0 Å². The predicted octanol–water partition coefficient (Wildman–Crippen LogP) is 2.16. The number of hydrogen-bond acceptors (Lipinski definition) is 3. The molecule has 1 aromatic carbocycles. The fraction of sp³-hybridized carbons (Fsp3) is 0.375. The number of aromatic amines is 1. The number of H-pyrrole nitrogens is 1. The van der Waals surface area contributed by atoms with E-state index >= 15 is 0 Å². The van der Waals surface area contributed by atoms with Gasteiger partial charge in [0.1, 0.15) is 13.2 Å². The summed E-state index contributed by atoms with van der Waals surface area (Å²) in [6.07, 6.45) is 0.368. The second-order valence-electron chi connectivity index (χ2n) is 5.87. The Morgan fingerprint density at radius 3 is 3.00 bits per heavy atom. The minimum Gasteiger partial charge on any atom is -0.448 e. The fourth-order valence-electron chi connectivity index (χ4n) is 3.23. The molecule has 7 heteroatoms. The molecule has 0 atom stereocenters. The van der Waals surface area contributed by atoms with Crippen molar-refractivity contribution >= 4 is 34.5 Å². The van der Waals surface area contributed by atoms with Gasteiger partial charge in [-0.3, -0.25) is 9.69 Å². The molecule has 0 saturated carbocycles. The molecule has 1 N–H and O–H groups in total. The molecule has 2 aliphatic rings. The maximum Gasteiger partial charge on any atom is 0.410 e. The van der Waals surface area contributed by atoms with E-state index in [0.717, 1.165) is 28.6 Å². The average Bonchev–Trinajstić information content (AvgIpc) is 3.10. The van der Waals surface area contributed by atoms with Crippen LogP contribution in [-0.2, 0) is 22.5 Å². The zero-order valence-corrected chi connectivity index (χ0v) is 13.2. The molecule has 23 heavy (non-hydrogen) atoms. The predicted molar refractivity (Wildman–Crippen MR) is 85.4 cm³/mol. The van der Waals surface area contributed by atoms with Crippen molar-refractivity contribution in [1.29, 1.82) is 0 Å². The largest absolute Gasteiger partial charge is 0.448 e. The summed E-state index contributed by atoms with van der Waals surface area (Å²) >= 11 is 6.09. The number of halogens is 1. The number of benzene rings is 1. The second-order valence-corrected chi connectivity index (χ2v) is 6.31. The number of nitrogens with zero attached hydrogens (tertiary/aromatic N) is 2. The third kappa shape index (κ3) is 2.53. The first-order valence-electron chi connectivity index (χ1n) is 7.60. The zero-order valence-electron chi connectivity index (χ0n) is 12.5. The van der Waals surface area contributed by atoms with Crippen molar-refractivity contribution in [2.45, 2.75) is 13.0 Å². The van der Waals surface area contributed by atoms with E-state index in [0.29, 0.717) is 31.3 Å². The van der Waals surface area contributed by atoms with Crippen molar-refractivity contribution in [1.82, 2.24) is 14.8 Å². The first-order chi connectivity index (χ1) is 11.1. The highest BCUT2D eigenvalue weighted by atomic mass is 35.5. The number of carbonyl (C=O) groups is 2. The van der Waals surface area contributed by atoms with Gasteiger partial charge in [-0.1, -0.05) is 11.6 Å². The van der Waals surface area contributed by atoms with Crippen molar-refractivity contribution < 1.29 is 14.3 Å². The number of rotatable bonds is 2. The summed E-state index contributed by atoms with van der Waals surface area (Å²) in [5.41, 5.74) is 3.31. The minimum absolute atomic E-state index is 0.0501. The van der Waals surface area contributed by atoms with Crippen LogP contribution >= 0.6 is 11.6 Å². The fourth-order valence-corrected chi connectivity index (χ4v) is 3.40. The van der Waals surface area contributed by atoms with Gasteiger partial charge in [-0.25, -0.2) is 4.79 Å². The van der Waals surface area contributed by atoms with E-state index in [1.54, 1.807) is 4.90 Å². The van der Waals surface area contributed by atoms with Crippen molar-refractivity contribution in [2.24, 2.45) is 0 Å². The number of fused-ring (bicyclic) bond motifs is 3. The molecule has 3 heterocycles. The van der Waals surface area contributed by atoms with Crippen molar-refractivity contribution in [3.8, 4) is 0 Å². The Balaban J connectivity index is 1.55. The third-order valence-corrected chi connectivity index (χ3v) is 4.70. The molecule has 6 nitrogen and oxygen atoms in total. The lowest BCUT2D eigenvalue weighted by Crippen LogP contribution is -2.42. The van der Waals surface area contributed by atoms with Crippen LogP contribution in [-0.4, -0.2) is 53.0 Å². The average molecular weight is 334 g/mol. The van der Waals surface area contributed by atoms with Gasteiger partial charge in [0.05, 0.1) is 6.54 Å². The number of amides is 2. The van der Waals surface area contributed by atoms with Crippen LogP contribution in [0, 0.1) is 0 Å². The summed E-state index contributed by atoms with van der Waals surface area (Å²) in [5, 5.41) is 1.74. The molecule has 4 rings (SSSR count). The van der Waals surface area contributed by atoms with Crippen LogP contribution in [0.5, 0.6) is 0 Å². The zero-order chi connectivity index (χ0) is 16.0. The Morgan fingerprint density at radius 1 is 1.35 bits per heavy atom. The van der Waals surface area contributed by atoms with Gasteiger partial charge in [-0.15, -0.1) is 0 Å². The summed E-state index contributed by atoms with van der Waals surface area (Å²) in [6, 6.07) is 5.74. The van der Waals surface area contributed by atoms with Crippen molar-refractivity contribution in [3.05, 3.63) is 34.5 Å². The molecule has 120 valence electrons. The Bertz CT molecular complexity index is 801. The maximum absolute atomic E-state index is 12.5. The van der Waals surface area contributed by atoms with E-state index in [1.165, 1.54) is 4.90 Å². The third-order valence-electron chi connectivity index (χ3n) is 4.46. The lowest BCUT2D eigenvalue weighted by Gasteiger charge is -2.28. The van der Waals surface area contributed by atoms with E-state index in [-0.39, 0.29) is 12.5 Å². The number of hydrogen-bond donors (Lipinski definition) is 1. The van der Waals surface area contributed by atoms with Crippen LogP contribution in [0.15, 0.2) is 18.2 Å². The molecule has 0 spiro atoms. The van der Waals surface area contributed by atoms with E-state index in [4.69, 9.17) is 16.3 Å². The Morgan fingerprint density at radius 2 is 2.22 bits per heavy atom. The highest BCUT2D eigenvalue weighted by Gasteiger charge is 2.29. The molecule has 2 aliphatic heterocycles. The minimum atomic E-state index is -0.407. The molecule has 1 saturated heterocycles. The Labute approximate surface area is 137 Å². The van der Waals surface area contributed by atoms with Gasteiger partial charge in [0, 0.05) is 46.7 Å². The van der Waals surface area contributed by atoms with Gasteiger partial charge in [-0.05, 0) is 18.2 Å². The van der Waals surface area contributed by atoms with Crippen LogP contribution in [0.3, 0.4) is 0 Å². The molecular weight excluding hydrogens is 318 g/mol. The second kappa shape index (κ2) is 5.45. The lowest BCUT2D eigenvalue weighted by molar-refractivity contribution is -0.132. The van der Waals surface area contributed by atoms with Crippen LogP contribution in [0.4, 0.5) is 4.79 Å². The highest BCUT2D eigenvalue weighted by Crippen LogP contribution is 2.29. The van der Waals surface area contributed by atoms with Gasteiger partial charge in [0.2, 0.25) is 5.91 Å². The molecule has 0 radical (unpaired) electrons. The molecule has 2 amide bonds. The van der Waals surface area contributed by atoms with Gasteiger partial charge in [-0.2, -0.15) is 0 Å². The smallest absolute Gasteiger partial charge is 0.410 e. The number of cyclic esters (lactones) is 1. The standard InChI is InChI=1S/C16H16ClN3O3/c17-10-1-2-13-11(7-10)12-8-19(4-3-14(12)18-13)15(21)9-20-5-6-23-16(20)22/h1-2,7,18H,3-6,8-9H2. The van der Waals surface area contributed by atoms with Crippen LogP contribution in [0.1, 0.15) is 11.3 Å². The molecule has 1 fully saturated rings. The summed E-state index contributed by atoms with van der Waals surface area (Å²) < 4.78 is 4.86. The molecule has 2 aromatic rings. The van der Waals surface area contributed by atoms with E-state index in [1.807, 2.05) is 18.2 Å². The summed E-state index contributed by atoms with van der Waals surface area (Å²) in [7, 11) is 0. The summed E-state index contributed by atoms with van der Waals surface area (Å²) in [5.74, 6) is -0.0501. The first kappa shape index (κ1) is 14.4. The highest BCUT2D eigenvalue weighted by molar-refractivity contribution is 6.31. The van der Waals surface area contributed by atoms with Gasteiger partial charge >= 0.3 is 6.09 Å². The van der Waals surface area contributed by atoms with Crippen molar-refractivity contribution in [2.75, 3.05) is 26.2 Å². The first-order valence-corrected chi connectivity index (χ1v) is 7.98. The monoisotopic (exact) mass is 333 g/mol. The normalized spacial score (nSPS) is 17.5. The number of carbonyl (C=O) groups excluding carboxylic acids is 2. The van der Waals surface area contributed by atoms with E-state index in [2.05, 4.69) is 4.98 Å². The lowest BCUT2D eigenvalue weighted by atomic mass is 10.0. The summed E-state index contributed by atoms with van der Waals surface area (Å²) in [4.78, 5) is 30.6. The Hall–Kier alpha value is -2.21. The molecular formula is C16H16ClN3O3. The maximum atomic E-state index is 12.5. The van der Waals surface area contributed by atoms with Crippen LogP contribution in [0.25, 0.3) is 10.9 Å². The molecule has 0 unspecified atom stereocenters. The number of aromatic nitrogens is 1. The topological polar surface area (TPSA) is 65.6 Å². The molecule has 1 aromatic heterocycles. The molecule has 0 aliphatic carbocycles. The number of ether oxygens (including phenoxy) is 1. The van der Waals surface area contributed by atoms with Crippen molar-refractivity contribution in [3.63, 3.8) is 0 Å². The van der Waals surface area contributed by atoms with Gasteiger partial charge in [0.25, 0.3) is 0 Å². The van der Waals surface area contributed by atoms with E-state index < -0.39 is 6.09 Å². The molecule has 0 bridgehead atoms. The Kier molecular flexibility index (Phi) is 3.41. The summed E-state index contributed by atoms with van der Waals surface area (Å²) in [6.45, 7) is 2.10. The van der Waals surface area contributed by atoms with Crippen LogP contribution in [0.2, 0.25) is 5.02 Å². The quantitative estimate of drug-likeness (QED) is 0.916. The SMILES string of the molecule is O=C(CN1CCOC1=O)N1CCc2[nH]c3ccc(Cl)cc3c2C1. The van der Waals surface area contributed by atoms with Gasteiger partial charge < -0.3 is 14.6 Å². The van der Waals surface area contributed by atoms with E-state index in [9.17, 15) is 9.59 Å².